The molecular formula is C9H16FN3O. The first-order valence-corrected chi connectivity index (χ1v) is 4.99. The van der Waals surface area contributed by atoms with E-state index >= 15 is 0 Å². The first-order valence-electron chi connectivity index (χ1n) is 4.99. The summed E-state index contributed by atoms with van der Waals surface area (Å²) in [4.78, 5) is 15.5. The Morgan fingerprint density at radius 1 is 1.29 bits per heavy atom. The fourth-order valence-corrected chi connectivity index (χ4v) is 1.79. The summed E-state index contributed by atoms with van der Waals surface area (Å²) in [5.41, 5.74) is -1.62. The summed E-state index contributed by atoms with van der Waals surface area (Å²) >= 11 is 0. The summed E-state index contributed by atoms with van der Waals surface area (Å²) in [5, 5.41) is 2.80. The molecule has 80 valence electrons. The van der Waals surface area contributed by atoms with Crippen LogP contribution in [-0.4, -0.2) is 67.7 Å². The lowest BCUT2D eigenvalue weighted by Gasteiger charge is -2.40. The summed E-state index contributed by atoms with van der Waals surface area (Å²) in [6, 6.07) is 0. The van der Waals surface area contributed by atoms with Crippen molar-refractivity contribution in [3.63, 3.8) is 0 Å². The SMILES string of the molecule is CN1CCN(C(=O)C2(F)CNC2)CC1. The number of hydrogen-bond acceptors (Lipinski definition) is 3. The third kappa shape index (κ3) is 1.62. The Hall–Kier alpha value is -0.680. The zero-order valence-electron chi connectivity index (χ0n) is 8.42. The van der Waals surface area contributed by atoms with E-state index in [1.165, 1.54) is 0 Å². The van der Waals surface area contributed by atoms with Crippen molar-refractivity contribution in [3.05, 3.63) is 0 Å². The van der Waals surface area contributed by atoms with Gasteiger partial charge in [-0.2, -0.15) is 0 Å². The molecular weight excluding hydrogens is 185 g/mol. The monoisotopic (exact) mass is 201 g/mol. The lowest BCUT2D eigenvalue weighted by atomic mass is 9.97. The van der Waals surface area contributed by atoms with Crippen molar-refractivity contribution >= 4 is 5.91 Å². The third-order valence-electron chi connectivity index (χ3n) is 2.98. The van der Waals surface area contributed by atoms with Crippen molar-refractivity contribution in [1.29, 1.82) is 0 Å². The lowest BCUT2D eigenvalue weighted by Crippen LogP contribution is -2.66. The Labute approximate surface area is 83.0 Å². The minimum Gasteiger partial charge on any atom is -0.337 e. The minimum absolute atomic E-state index is 0.179. The molecule has 2 heterocycles. The Morgan fingerprint density at radius 3 is 2.29 bits per heavy atom. The number of likely N-dealkylation sites (N-methyl/N-ethyl adjacent to an activating group) is 1. The molecule has 2 rings (SSSR count). The predicted octanol–water partition coefficient (Wildman–Crippen LogP) is -0.928. The number of nitrogens with zero attached hydrogens (tertiary/aromatic N) is 2. The number of rotatable bonds is 1. The van der Waals surface area contributed by atoms with Gasteiger partial charge in [-0.05, 0) is 7.05 Å². The second-order valence-electron chi connectivity index (χ2n) is 4.16. The topological polar surface area (TPSA) is 35.6 Å². The quantitative estimate of drug-likeness (QED) is 0.595. The normalized spacial score (nSPS) is 27.1. The van der Waals surface area contributed by atoms with Gasteiger partial charge in [-0.1, -0.05) is 0 Å². The number of piperazine rings is 1. The van der Waals surface area contributed by atoms with E-state index in [-0.39, 0.29) is 19.0 Å². The molecule has 2 fully saturated rings. The van der Waals surface area contributed by atoms with Gasteiger partial charge in [0.05, 0.1) is 0 Å². The maximum Gasteiger partial charge on any atom is 0.263 e. The molecule has 4 nitrogen and oxygen atoms in total. The standard InChI is InChI=1S/C9H16FN3O/c1-12-2-4-13(5-3-12)8(14)9(10)6-11-7-9/h11H,2-7H2,1H3. The summed E-state index contributed by atoms with van der Waals surface area (Å²) in [7, 11) is 2.01. The molecule has 0 aromatic rings. The van der Waals surface area contributed by atoms with E-state index in [0.717, 1.165) is 13.1 Å². The molecule has 0 aliphatic carbocycles. The van der Waals surface area contributed by atoms with E-state index in [4.69, 9.17) is 0 Å². The van der Waals surface area contributed by atoms with Crippen LogP contribution in [0.4, 0.5) is 4.39 Å². The Bertz CT molecular complexity index is 234. The predicted molar refractivity (Wildman–Crippen MR) is 50.8 cm³/mol. The summed E-state index contributed by atoms with van der Waals surface area (Å²) in [5.74, 6) is -0.329. The van der Waals surface area contributed by atoms with Crippen molar-refractivity contribution in [2.24, 2.45) is 0 Å². The highest BCUT2D eigenvalue weighted by Gasteiger charge is 2.47. The first kappa shape index (κ1) is 9.86. The van der Waals surface area contributed by atoms with Crippen LogP contribution in [0.15, 0.2) is 0 Å². The maximum atomic E-state index is 13.7. The van der Waals surface area contributed by atoms with Gasteiger partial charge in [0, 0.05) is 39.3 Å². The number of carbonyl (C=O) groups is 1. The van der Waals surface area contributed by atoms with E-state index in [1.807, 2.05) is 7.05 Å². The molecule has 0 saturated carbocycles. The zero-order chi connectivity index (χ0) is 10.2. The zero-order valence-corrected chi connectivity index (χ0v) is 8.42. The Morgan fingerprint density at radius 2 is 1.86 bits per heavy atom. The van der Waals surface area contributed by atoms with Crippen molar-refractivity contribution in [2.45, 2.75) is 5.67 Å². The van der Waals surface area contributed by atoms with Crippen molar-refractivity contribution < 1.29 is 9.18 Å². The van der Waals surface area contributed by atoms with Crippen molar-refractivity contribution in [3.8, 4) is 0 Å². The van der Waals surface area contributed by atoms with Gasteiger partial charge in [0.25, 0.3) is 5.91 Å². The average Bonchev–Trinajstić information content (AvgIpc) is 2.14. The maximum absolute atomic E-state index is 13.7. The molecule has 5 heteroatoms. The molecule has 0 bridgehead atoms. The van der Waals surface area contributed by atoms with Crippen LogP contribution in [0.3, 0.4) is 0 Å². The van der Waals surface area contributed by atoms with E-state index in [0.29, 0.717) is 13.1 Å². The molecule has 0 aromatic carbocycles. The van der Waals surface area contributed by atoms with E-state index in [1.54, 1.807) is 4.90 Å². The molecule has 0 spiro atoms. The van der Waals surface area contributed by atoms with Crippen LogP contribution in [0, 0.1) is 0 Å². The number of carbonyl (C=O) groups excluding carboxylic acids is 1. The van der Waals surface area contributed by atoms with Gasteiger partial charge in [0.15, 0.2) is 0 Å². The van der Waals surface area contributed by atoms with E-state index in [9.17, 15) is 9.18 Å². The van der Waals surface area contributed by atoms with Gasteiger partial charge in [-0.25, -0.2) is 4.39 Å². The van der Waals surface area contributed by atoms with E-state index < -0.39 is 5.67 Å². The van der Waals surface area contributed by atoms with Gasteiger partial charge in [-0.15, -0.1) is 0 Å². The van der Waals surface area contributed by atoms with Gasteiger partial charge in [0.1, 0.15) is 0 Å². The first-order chi connectivity index (χ1) is 6.62. The van der Waals surface area contributed by atoms with Crippen LogP contribution < -0.4 is 5.32 Å². The number of hydrogen-bond donors (Lipinski definition) is 1. The summed E-state index contributed by atoms with van der Waals surface area (Å²) in [6.45, 7) is 3.35. The van der Waals surface area contributed by atoms with Crippen molar-refractivity contribution in [2.75, 3.05) is 46.3 Å². The number of nitrogens with one attached hydrogen (secondary N) is 1. The molecule has 2 saturated heterocycles. The number of halogens is 1. The number of alkyl halides is 1. The highest BCUT2D eigenvalue weighted by atomic mass is 19.1. The Kier molecular flexibility index (Phi) is 2.45. The second kappa shape index (κ2) is 3.47. The van der Waals surface area contributed by atoms with Crippen molar-refractivity contribution in [1.82, 2.24) is 15.1 Å². The van der Waals surface area contributed by atoms with Crippen LogP contribution in [0.5, 0.6) is 0 Å². The summed E-state index contributed by atoms with van der Waals surface area (Å²) in [6.07, 6.45) is 0. The fraction of sp³-hybridized carbons (Fsp3) is 0.889. The molecule has 0 atom stereocenters. The van der Waals surface area contributed by atoms with Gasteiger partial charge in [0.2, 0.25) is 5.67 Å². The van der Waals surface area contributed by atoms with E-state index in [2.05, 4.69) is 10.2 Å². The van der Waals surface area contributed by atoms with Crippen LogP contribution in [0.25, 0.3) is 0 Å². The van der Waals surface area contributed by atoms with Gasteiger partial charge < -0.3 is 15.1 Å². The molecule has 0 radical (unpaired) electrons. The highest BCUT2D eigenvalue weighted by Crippen LogP contribution is 2.20. The summed E-state index contributed by atoms with van der Waals surface area (Å²) < 4.78 is 13.7. The fourth-order valence-electron chi connectivity index (χ4n) is 1.79. The third-order valence-corrected chi connectivity index (χ3v) is 2.98. The largest absolute Gasteiger partial charge is 0.337 e. The lowest BCUT2D eigenvalue weighted by molar-refractivity contribution is -0.149. The molecule has 1 amide bonds. The smallest absolute Gasteiger partial charge is 0.263 e. The molecule has 2 aliphatic rings. The van der Waals surface area contributed by atoms with Gasteiger partial charge in [-0.3, -0.25) is 4.79 Å². The van der Waals surface area contributed by atoms with Crippen LogP contribution in [0.1, 0.15) is 0 Å². The molecule has 14 heavy (non-hydrogen) atoms. The Balaban J connectivity index is 1.92. The molecule has 0 unspecified atom stereocenters. The molecule has 2 aliphatic heterocycles. The number of amides is 1. The van der Waals surface area contributed by atoms with Crippen LogP contribution >= 0.6 is 0 Å². The average molecular weight is 201 g/mol. The van der Waals surface area contributed by atoms with Crippen LogP contribution in [-0.2, 0) is 4.79 Å². The highest BCUT2D eigenvalue weighted by molar-refractivity contribution is 5.87. The minimum atomic E-state index is -1.62. The van der Waals surface area contributed by atoms with Gasteiger partial charge >= 0.3 is 0 Å². The second-order valence-corrected chi connectivity index (χ2v) is 4.16. The molecule has 0 aromatic heterocycles. The molecule has 1 N–H and O–H groups in total. The van der Waals surface area contributed by atoms with Crippen LogP contribution in [0.2, 0.25) is 0 Å².